The molecule has 4 fully saturated rings. The van der Waals surface area contributed by atoms with Crippen LogP contribution in [0.15, 0.2) is 34.9 Å². The second kappa shape index (κ2) is 9.58. The zero-order valence-electron chi connectivity index (χ0n) is 23.7. The van der Waals surface area contributed by atoms with Crippen molar-refractivity contribution in [2.24, 2.45) is 39.5 Å². The van der Waals surface area contributed by atoms with Crippen molar-refractivity contribution >= 4 is 11.9 Å². The monoisotopic (exact) mass is 530 g/mol. The lowest BCUT2D eigenvalue weighted by Crippen LogP contribution is -2.78. The van der Waals surface area contributed by atoms with Crippen LogP contribution in [0.2, 0.25) is 0 Å². The largest absolute Gasteiger partial charge is 0.478 e. The van der Waals surface area contributed by atoms with E-state index in [-0.39, 0.29) is 17.4 Å². The predicted octanol–water partition coefficient (Wildman–Crippen LogP) is 3.21. The van der Waals surface area contributed by atoms with Gasteiger partial charge < -0.3 is 31.5 Å². The van der Waals surface area contributed by atoms with Gasteiger partial charge in [0.2, 0.25) is 0 Å². The van der Waals surface area contributed by atoms with Crippen LogP contribution in [0.5, 0.6) is 0 Å². The zero-order chi connectivity index (χ0) is 28.4. The molecule has 212 valence electrons. The molecule has 4 rings (SSSR count). The van der Waals surface area contributed by atoms with Crippen molar-refractivity contribution < 1.29 is 29.6 Å². The Morgan fingerprint density at radius 3 is 2.24 bits per heavy atom. The standard InChI is InChI=1S/C30H46N2O6/c1-16(2)8-7-9-18(26(36)37)23-19-14-21(35)24-27(4,29(19,6)15-22(23)38-17(3)33)12-13-30(32)25(31)20(34)10-11-28(24,30)5/h7-9,19-22,24-25,34-35H,10-15,31-32H2,1-6H3,(H,36,37)/b9-7+,23-18-/t19-,20+,21+,22-,24+,25+,27-,28+,29-,30+/m0/s1. The first-order valence-electron chi connectivity index (χ1n) is 13.9. The van der Waals surface area contributed by atoms with Crippen molar-refractivity contribution in [1.82, 2.24) is 0 Å². The molecule has 4 saturated carbocycles. The van der Waals surface area contributed by atoms with Crippen LogP contribution >= 0.6 is 0 Å². The van der Waals surface area contributed by atoms with Gasteiger partial charge in [0, 0.05) is 18.5 Å². The molecule has 0 bridgehead atoms. The highest BCUT2D eigenvalue weighted by molar-refractivity contribution is 5.91. The summed E-state index contributed by atoms with van der Waals surface area (Å²) in [4.78, 5) is 24.8. The Kier molecular flexibility index (Phi) is 7.31. The third kappa shape index (κ3) is 4.02. The quantitative estimate of drug-likeness (QED) is 0.211. The lowest BCUT2D eigenvalue weighted by Gasteiger charge is -2.71. The average Bonchev–Trinajstić information content (AvgIpc) is 3.08. The highest BCUT2D eigenvalue weighted by Gasteiger charge is 2.73. The molecule has 7 N–H and O–H groups in total. The number of carbonyl (C=O) groups excluding carboxylic acids is 1. The fourth-order valence-corrected chi connectivity index (χ4v) is 9.19. The topological polar surface area (TPSA) is 156 Å². The molecular weight excluding hydrogens is 484 g/mol. The number of carboxylic acid groups (broad SMARTS) is 1. The van der Waals surface area contributed by atoms with Gasteiger partial charge in [-0.2, -0.15) is 0 Å². The molecule has 0 radical (unpaired) electrons. The maximum Gasteiger partial charge on any atom is 0.335 e. The van der Waals surface area contributed by atoms with E-state index in [1.165, 1.54) is 6.92 Å². The van der Waals surface area contributed by atoms with E-state index >= 15 is 0 Å². The summed E-state index contributed by atoms with van der Waals surface area (Å²) in [5, 5.41) is 32.8. The molecule has 8 heteroatoms. The molecule has 0 aliphatic heterocycles. The minimum atomic E-state index is -1.08. The summed E-state index contributed by atoms with van der Waals surface area (Å²) in [5.74, 6) is -2.04. The Labute approximate surface area is 226 Å². The minimum Gasteiger partial charge on any atom is -0.478 e. The van der Waals surface area contributed by atoms with Crippen LogP contribution in [0.25, 0.3) is 0 Å². The molecule has 10 atom stereocenters. The Bertz CT molecular complexity index is 1090. The number of hydrogen-bond acceptors (Lipinski definition) is 7. The maximum atomic E-state index is 12.6. The summed E-state index contributed by atoms with van der Waals surface area (Å²) >= 11 is 0. The first-order chi connectivity index (χ1) is 17.5. The van der Waals surface area contributed by atoms with Crippen molar-refractivity contribution in [3.05, 3.63) is 34.9 Å². The predicted molar refractivity (Wildman–Crippen MR) is 145 cm³/mol. The molecule has 0 unspecified atom stereocenters. The third-order valence-corrected chi connectivity index (χ3v) is 11.3. The van der Waals surface area contributed by atoms with E-state index in [1.807, 2.05) is 19.9 Å². The summed E-state index contributed by atoms with van der Waals surface area (Å²) in [7, 11) is 0. The summed E-state index contributed by atoms with van der Waals surface area (Å²) < 4.78 is 5.81. The second-order valence-corrected chi connectivity index (χ2v) is 13.3. The summed E-state index contributed by atoms with van der Waals surface area (Å²) in [6, 6.07) is -0.588. The van der Waals surface area contributed by atoms with Crippen LogP contribution in [0, 0.1) is 28.1 Å². The summed E-state index contributed by atoms with van der Waals surface area (Å²) in [6.45, 7) is 11.7. The molecule has 0 amide bonds. The van der Waals surface area contributed by atoms with Gasteiger partial charge in [-0.05, 0) is 92.1 Å². The van der Waals surface area contributed by atoms with E-state index in [2.05, 4.69) is 20.8 Å². The lowest BCUT2D eigenvalue weighted by molar-refractivity contribution is -0.234. The number of esters is 1. The minimum absolute atomic E-state index is 0.120. The number of allylic oxidation sites excluding steroid dienone is 3. The number of hydrogen-bond donors (Lipinski definition) is 5. The van der Waals surface area contributed by atoms with Crippen LogP contribution in [-0.2, 0) is 14.3 Å². The fraction of sp³-hybridized carbons (Fsp3) is 0.733. The number of aliphatic carboxylic acids is 1. The van der Waals surface area contributed by atoms with E-state index in [4.69, 9.17) is 16.2 Å². The van der Waals surface area contributed by atoms with Gasteiger partial charge in [-0.1, -0.05) is 38.5 Å². The highest BCUT2D eigenvalue weighted by atomic mass is 16.5. The fourth-order valence-electron chi connectivity index (χ4n) is 9.19. The van der Waals surface area contributed by atoms with Crippen LogP contribution in [-0.4, -0.2) is 57.2 Å². The SMILES string of the molecule is CC(=O)O[C@H]1C[C@@]2(C)[C@@H](C[C@@H](O)[C@@H]3[C@]2(C)CC[C@@]2(N)[C@H](N)[C@H](O)CC[C@]32C)/C1=C(\C=C\C=C(C)C)C(=O)O. The highest BCUT2D eigenvalue weighted by Crippen LogP contribution is 2.74. The molecule has 8 nitrogen and oxygen atoms in total. The Hall–Kier alpha value is -2.00. The molecule has 0 aromatic heterocycles. The van der Waals surface area contributed by atoms with Gasteiger partial charge in [0.05, 0.1) is 17.8 Å². The van der Waals surface area contributed by atoms with Gasteiger partial charge in [0.25, 0.3) is 0 Å². The van der Waals surface area contributed by atoms with Gasteiger partial charge in [0.1, 0.15) is 6.10 Å². The molecule has 0 aromatic carbocycles. The molecule has 4 aliphatic rings. The number of rotatable bonds is 4. The van der Waals surface area contributed by atoms with E-state index in [0.717, 1.165) is 5.57 Å². The number of aliphatic hydroxyl groups is 2. The summed E-state index contributed by atoms with van der Waals surface area (Å²) in [6.07, 6.45) is 6.28. The molecule has 0 spiro atoms. The molecule has 38 heavy (non-hydrogen) atoms. The number of carbonyl (C=O) groups is 2. The number of nitrogens with two attached hydrogens (primary N) is 2. The molecule has 0 heterocycles. The van der Waals surface area contributed by atoms with Crippen molar-refractivity contribution in [2.45, 2.75) is 110 Å². The van der Waals surface area contributed by atoms with Crippen molar-refractivity contribution in [1.29, 1.82) is 0 Å². The Balaban J connectivity index is 1.88. The maximum absolute atomic E-state index is 12.6. The number of fused-ring (bicyclic) bond motifs is 5. The second-order valence-electron chi connectivity index (χ2n) is 13.3. The lowest BCUT2D eigenvalue weighted by atomic mass is 9.35. The molecular formula is C30H46N2O6. The van der Waals surface area contributed by atoms with Crippen LogP contribution in [0.3, 0.4) is 0 Å². The zero-order valence-corrected chi connectivity index (χ0v) is 23.7. The van der Waals surface area contributed by atoms with E-state index in [1.54, 1.807) is 12.2 Å². The van der Waals surface area contributed by atoms with Crippen molar-refractivity contribution in [3.63, 3.8) is 0 Å². The number of ether oxygens (including phenoxy) is 1. The van der Waals surface area contributed by atoms with Crippen LogP contribution in [0.4, 0.5) is 0 Å². The van der Waals surface area contributed by atoms with Gasteiger partial charge >= 0.3 is 11.9 Å². The molecule has 4 aliphatic carbocycles. The van der Waals surface area contributed by atoms with E-state index < -0.39 is 58.1 Å². The first kappa shape index (κ1) is 29.0. The van der Waals surface area contributed by atoms with Crippen LogP contribution in [0.1, 0.15) is 80.1 Å². The van der Waals surface area contributed by atoms with Gasteiger partial charge in [0.15, 0.2) is 0 Å². The van der Waals surface area contributed by atoms with Crippen LogP contribution < -0.4 is 11.5 Å². The van der Waals surface area contributed by atoms with Crippen molar-refractivity contribution in [2.75, 3.05) is 0 Å². The number of aliphatic hydroxyl groups excluding tert-OH is 2. The third-order valence-electron chi connectivity index (χ3n) is 11.3. The van der Waals surface area contributed by atoms with Gasteiger partial charge in [-0.3, -0.25) is 4.79 Å². The van der Waals surface area contributed by atoms with E-state index in [0.29, 0.717) is 44.1 Å². The van der Waals surface area contributed by atoms with Gasteiger partial charge in [-0.25, -0.2) is 4.79 Å². The average molecular weight is 531 g/mol. The van der Waals surface area contributed by atoms with E-state index in [9.17, 15) is 24.9 Å². The first-order valence-corrected chi connectivity index (χ1v) is 13.9. The normalized spacial score (nSPS) is 47.5. The Morgan fingerprint density at radius 1 is 1.00 bits per heavy atom. The Morgan fingerprint density at radius 2 is 1.66 bits per heavy atom. The van der Waals surface area contributed by atoms with Gasteiger partial charge in [-0.15, -0.1) is 0 Å². The van der Waals surface area contributed by atoms with Crippen molar-refractivity contribution in [3.8, 4) is 0 Å². The smallest absolute Gasteiger partial charge is 0.335 e. The number of carboxylic acids is 1. The summed E-state index contributed by atoms with van der Waals surface area (Å²) in [5.41, 5.74) is 13.1. The molecule has 0 saturated heterocycles. The molecule has 0 aromatic rings.